The van der Waals surface area contributed by atoms with Gasteiger partial charge in [0, 0.05) is 30.3 Å². The number of hydrogen-bond acceptors (Lipinski definition) is 4. The van der Waals surface area contributed by atoms with Crippen LogP contribution in [-0.2, 0) is 11.3 Å². The third-order valence-electron chi connectivity index (χ3n) is 6.36. The number of hydrogen-bond donors (Lipinski definition) is 0. The summed E-state index contributed by atoms with van der Waals surface area (Å²) < 4.78 is 7.41. The number of rotatable bonds is 7. The summed E-state index contributed by atoms with van der Waals surface area (Å²) in [6.45, 7) is 4.87. The smallest absolute Gasteiger partial charge is 0.255 e. The number of nitrogens with zero attached hydrogens (tertiary/aromatic N) is 4. The SMILES string of the molecule is CCOCCn1ncc2c(C(=O)N(C3CC3)C3CCC4=C(C=NC4)C3)cccc21. The monoisotopic (exact) mass is 392 g/mol. The summed E-state index contributed by atoms with van der Waals surface area (Å²) in [4.78, 5) is 20.3. The molecule has 3 aliphatic rings. The predicted octanol–water partition coefficient (Wildman–Crippen LogP) is 3.61. The van der Waals surface area contributed by atoms with Crippen LogP contribution in [0.15, 0.2) is 40.5 Å². The van der Waals surface area contributed by atoms with Gasteiger partial charge in [0.1, 0.15) is 0 Å². The van der Waals surface area contributed by atoms with Crippen LogP contribution in [-0.4, -0.2) is 58.6 Å². The predicted molar refractivity (Wildman–Crippen MR) is 113 cm³/mol. The maximum atomic E-state index is 13.7. The van der Waals surface area contributed by atoms with Gasteiger partial charge in [-0.1, -0.05) is 6.07 Å². The molecular formula is C23H28N4O2. The molecule has 1 saturated carbocycles. The summed E-state index contributed by atoms with van der Waals surface area (Å²) in [5.74, 6) is 0.159. The van der Waals surface area contributed by atoms with Crippen LogP contribution in [0.5, 0.6) is 0 Å². The summed E-state index contributed by atoms with van der Waals surface area (Å²) in [5.41, 5.74) is 4.61. The van der Waals surface area contributed by atoms with Crippen molar-refractivity contribution in [2.75, 3.05) is 19.8 Å². The standard InChI is InChI=1S/C23H28N4O2/c1-2-29-11-10-26-22-5-3-4-20(21(22)15-25-26)23(28)27(18-8-9-18)19-7-6-16-13-24-14-17(16)12-19/h3-5,14-15,18-19H,2,6-13H2,1H3. The molecule has 0 radical (unpaired) electrons. The molecule has 1 aromatic heterocycles. The molecule has 5 rings (SSSR count). The molecule has 0 N–H and O–H groups in total. The summed E-state index contributed by atoms with van der Waals surface area (Å²) in [7, 11) is 0. The van der Waals surface area contributed by atoms with Gasteiger partial charge < -0.3 is 9.64 Å². The van der Waals surface area contributed by atoms with Crippen molar-refractivity contribution in [1.29, 1.82) is 0 Å². The van der Waals surface area contributed by atoms with Gasteiger partial charge in [0.25, 0.3) is 5.91 Å². The molecule has 1 unspecified atom stereocenters. The second-order valence-corrected chi connectivity index (χ2v) is 8.24. The van der Waals surface area contributed by atoms with E-state index < -0.39 is 0 Å². The Bertz CT molecular complexity index is 986. The van der Waals surface area contributed by atoms with Crippen LogP contribution in [0.2, 0.25) is 0 Å². The van der Waals surface area contributed by atoms with Crippen molar-refractivity contribution in [3.8, 4) is 0 Å². The fourth-order valence-corrected chi connectivity index (χ4v) is 4.71. The molecule has 1 aromatic carbocycles. The number of carbonyl (C=O) groups excluding carboxylic acids is 1. The number of aromatic nitrogens is 2. The molecule has 152 valence electrons. The highest BCUT2D eigenvalue weighted by molar-refractivity contribution is 6.06. The van der Waals surface area contributed by atoms with Crippen LogP contribution in [0.4, 0.5) is 0 Å². The molecule has 1 amide bonds. The zero-order chi connectivity index (χ0) is 19.8. The highest BCUT2D eigenvalue weighted by atomic mass is 16.5. The highest BCUT2D eigenvalue weighted by Gasteiger charge is 2.40. The molecule has 1 fully saturated rings. The van der Waals surface area contributed by atoms with Crippen LogP contribution in [0.25, 0.3) is 10.9 Å². The van der Waals surface area contributed by atoms with E-state index >= 15 is 0 Å². The average Bonchev–Trinajstić information content (AvgIpc) is 3.30. The largest absolute Gasteiger partial charge is 0.380 e. The van der Waals surface area contributed by atoms with Gasteiger partial charge in [-0.2, -0.15) is 5.10 Å². The lowest BCUT2D eigenvalue weighted by Crippen LogP contribution is -2.43. The van der Waals surface area contributed by atoms with E-state index in [-0.39, 0.29) is 11.9 Å². The van der Waals surface area contributed by atoms with Crippen LogP contribution in [0.3, 0.4) is 0 Å². The number of aliphatic imine (C=N–C) groups is 1. The Balaban J connectivity index is 1.42. The molecule has 29 heavy (non-hydrogen) atoms. The van der Waals surface area contributed by atoms with Gasteiger partial charge in [0.15, 0.2) is 0 Å². The molecule has 0 saturated heterocycles. The maximum absolute atomic E-state index is 13.7. The normalized spacial score (nSPS) is 21.1. The second-order valence-electron chi connectivity index (χ2n) is 8.24. The van der Waals surface area contributed by atoms with Crippen LogP contribution < -0.4 is 0 Å². The van der Waals surface area contributed by atoms with E-state index in [9.17, 15) is 4.79 Å². The first-order valence-corrected chi connectivity index (χ1v) is 10.8. The third-order valence-corrected chi connectivity index (χ3v) is 6.36. The van der Waals surface area contributed by atoms with E-state index in [1.165, 1.54) is 11.1 Å². The Morgan fingerprint density at radius 2 is 2.17 bits per heavy atom. The number of benzene rings is 1. The van der Waals surface area contributed by atoms with Crippen molar-refractivity contribution < 1.29 is 9.53 Å². The Morgan fingerprint density at radius 3 is 3.00 bits per heavy atom. The van der Waals surface area contributed by atoms with Crippen molar-refractivity contribution in [3.63, 3.8) is 0 Å². The first kappa shape index (κ1) is 18.6. The molecule has 2 aromatic rings. The minimum absolute atomic E-state index is 0.159. The van der Waals surface area contributed by atoms with Gasteiger partial charge in [-0.25, -0.2) is 0 Å². The van der Waals surface area contributed by atoms with Crippen LogP contribution >= 0.6 is 0 Å². The maximum Gasteiger partial charge on any atom is 0.255 e. The van der Waals surface area contributed by atoms with E-state index in [0.717, 1.165) is 55.1 Å². The quantitative estimate of drug-likeness (QED) is 0.677. The Morgan fingerprint density at radius 1 is 1.28 bits per heavy atom. The van der Waals surface area contributed by atoms with E-state index in [1.54, 1.807) is 0 Å². The highest BCUT2D eigenvalue weighted by Crippen LogP contribution is 2.38. The molecular weight excluding hydrogens is 364 g/mol. The van der Waals surface area contributed by atoms with Crippen LogP contribution in [0.1, 0.15) is 49.4 Å². The van der Waals surface area contributed by atoms with E-state index in [0.29, 0.717) is 25.8 Å². The minimum atomic E-state index is 0.159. The van der Waals surface area contributed by atoms with Gasteiger partial charge >= 0.3 is 0 Å². The zero-order valence-electron chi connectivity index (χ0n) is 17.0. The first-order valence-electron chi connectivity index (χ1n) is 10.8. The van der Waals surface area contributed by atoms with E-state index in [1.807, 2.05) is 42.2 Å². The van der Waals surface area contributed by atoms with Crippen molar-refractivity contribution in [3.05, 3.63) is 41.1 Å². The topological polar surface area (TPSA) is 59.7 Å². The molecule has 1 aliphatic heterocycles. The van der Waals surface area contributed by atoms with Gasteiger partial charge in [0.2, 0.25) is 0 Å². The lowest BCUT2D eigenvalue weighted by Gasteiger charge is -2.35. The third kappa shape index (κ3) is 3.50. The van der Waals surface area contributed by atoms with Crippen molar-refractivity contribution >= 4 is 23.0 Å². The number of amides is 1. The molecule has 6 heteroatoms. The molecule has 2 aliphatic carbocycles. The summed E-state index contributed by atoms with van der Waals surface area (Å²) in [6.07, 6.45) is 9.16. The molecule has 0 bridgehead atoms. The van der Waals surface area contributed by atoms with Crippen molar-refractivity contribution in [1.82, 2.24) is 14.7 Å². The molecule has 0 spiro atoms. The first-order chi connectivity index (χ1) is 14.3. The van der Waals surface area contributed by atoms with Gasteiger partial charge in [0.05, 0.1) is 37.0 Å². The lowest BCUT2D eigenvalue weighted by atomic mass is 9.88. The van der Waals surface area contributed by atoms with E-state index in [2.05, 4.69) is 15.0 Å². The Hall–Kier alpha value is -2.47. The average molecular weight is 393 g/mol. The van der Waals surface area contributed by atoms with E-state index in [4.69, 9.17) is 4.74 Å². The fourth-order valence-electron chi connectivity index (χ4n) is 4.71. The van der Waals surface area contributed by atoms with Gasteiger partial charge in [-0.05, 0) is 62.3 Å². The van der Waals surface area contributed by atoms with Crippen molar-refractivity contribution in [2.45, 2.75) is 57.7 Å². The zero-order valence-corrected chi connectivity index (χ0v) is 17.0. The number of fused-ring (bicyclic) bond motifs is 1. The van der Waals surface area contributed by atoms with Crippen LogP contribution in [0, 0.1) is 0 Å². The fraction of sp³-hybridized carbons (Fsp3) is 0.522. The Kier molecular flexibility index (Phi) is 4.96. The van der Waals surface area contributed by atoms with Gasteiger partial charge in [-0.15, -0.1) is 0 Å². The van der Waals surface area contributed by atoms with Gasteiger partial charge in [-0.3, -0.25) is 14.5 Å². The number of ether oxygens (including phenoxy) is 1. The second kappa shape index (κ2) is 7.75. The lowest BCUT2D eigenvalue weighted by molar-refractivity contribution is 0.0647. The number of carbonyl (C=O) groups is 1. The summed E-state index contributed by atoms with van der Waals surface area (Å²) >= 11 is 0. The minimum Gasteiger partial charge on any atom is -0.380 e. The summed E-state index contributed by atoms with van der Waals surface area (Å²) in [5, 5.41) is 5.47. The molecule has 1 atom stereocenters. The molecule has 6 nitrogen and oxygen atoms in total. The molecule has 2 heterocycles. The summed E-state index contributed by atoms with van der Waals surface area (Å²) in [6, 6.07) is 6.64. The van der Waals surface area contributed by atoms with Crippen molar-refractivity contribution in [2.24, 2.45) is 4.99 Å². The Labute approximate surface area is 171 Å².